The van der Waals surface area contributed by atoms with Crippen LogP contribution in [0.3, 0.4) is 0 Å². The van der Waals surface area contributed by atoms with Gasteiger partial charge in [0.1, 0.15) is 0 Å². The van der Waals surface area contributed by atoms with Crippen LogP contribution in [0.15, 0.2) is 0 Å². The Hall–Kier alpha value is -0.120. The molecule has 0 aliphatic carbocycles. The molecule has 0 aromatic rings. The van der Waals surface area contributed by atoms with Crippen LogP contribution in [0.2, 0.25) is 0 Å². The topological polar surface area (TPSA) is 18.5 Å². The average Bonchev–Trinajstić information content (AvgIpc) is 2.75. The largest absolute Gasteiger partial charge is 0.315 e. The van der Waals surface area contributed by atoms with Gasteiger partial charge in [-0.1, -0.05) is 6.92 Å². The fourth-order valence-corrected chi connectivity index (χ4v) is 4.27. The van der Waals surface area contributed by atoms with Gasteiger partial charge in [-0.2, -0.15) is 0 Å². The second kappa shape index (κ2) is 4.87. The Labute approximate surface area is 106 Å². The zero-order valence-corrected chi connectivity index (χ0v) is 11.4. The molecule has 0 bridgehead atoms. The third kappa shape index (κ3) is 2.25. The van der Waals surface area contributed by atoms with Crippen LogP contribution in [0.25, 0.3) is 0 Å². The predicted octanol–water partition coefficient (Wildman–Crippen LogP) is 1.01. The van der Waals surface area contributed by atoms with Crippen molar-refractivity contribution in [2.24, 2.45) is 11.8 Å². The average molecular weight is 237 g/mol. The Morgan fingerprint density at radius 2 is 1.94 bits per heavy atom. The third-order valence-corrected chi connectivity index (χ3v) is 5.32. The van der Waals surface area contributed by atoms with Gasteiger partial charge in [0.05, 0.1) is 0 Å². The van der Waals surface area contributed by atoms with Gasteiger partial charge in [-0.05, 0) is 51.2 Å². The number of rotatable bonds is 1. The van der Waals surface area contributed by atoms with Gasteiger partial charge in [-0.15, -0.1) is 0 Å². The van der Waals surface area contributed by atoms with E-state index in [4.69, 9.17) is 0 Å². The van der Waals surface area contributed by atoms with Gasteiger partial charge in [0.25, 0.3) is 0 Å². The van der Waals surface area contributed by atoms with Gasteiger partial charge in [0.15, 0.2) is 0 Å². The number of piperidine rings is 2. The van der Waals surface area contributed by atoms with Gasteiger partial charge in [-0.3, -0.25) is 4.90 Å². The minimum absolute atomic E-state index is 0.809. The minimum atomic E-state index is 0.809. The molecule has 0 aromatic carbocycles. The molecule has 4 atom stereocenters. The summed E-state index contributed by atoms with van der Waals surface area (Å²) in [5, 5.41) is 3.55. The molecule has 0 saturated carbocycles. The molecule has 3 nitrogen and oxygen atoms in total. The summed E-state index contributed by atoms with van der Waals surface area (Å²) in [6.45, 7) is 8.84. The summed E-state index contributed by atoms with van der Waals surface area (Å²) >= 11 is 0. The van der Waals surface area contributed by atoms with E-state index in [1.54, 1.807) is 0 Å². The summed E-state index contributed by atoms with van der Waals surface area (Å²) in [5.74, 6) is 1.78. The first kappa shape index (κ1) is 11.9. The maximum Gasteiger partial charge on any atom is 0.0258 e. The molecule has 0 spiro atoms. The molecule has 17 heavy (non-hydrogen) atoms. The molecular formula is C14H27N3. The number of fused-ring (bicyclic) bond motifs is 1. The van der Waals surface area contributed by atoms with Crippen LogP contribution in [-0.2, 0) is 0 Å². The molecule has 0 radical (unpaired) electrons. The molecule has 3 fully saturated rings. The number of likely N-dealkylation sites (tertiary alicyclic amines) is 2. The van der Waals surface area contributed by atoms with Crippen molar-refractivity contribution in [3.63, 3.8) is 0 Å². The van der Waals surface area contributed by atoms with Crippen LogP contribution >= 0.6 is 0 Å². The Bertz CT molecular complexity index is 268. The summed E-state index contributed by atoms with van der Waals surface area (Å²) in [5.41, 5.74) is 0. The monoisotopic (exact) mass is 237 g/mol. The van der Waals surface area contributed by atoms with E-state index in [9.17, 15) is 0 Å². The first-order chi connectivity index (χ1) is 8.25. The fourth-order valence-electron chi connectivity index (χ4n) is 4.27. The van der Waals surface area contributed by atoms with Crippen LogP contribution < -0.4 is 5.32 Å². The number of hydrogen-bond acceptors (Lipinski definition) is 3. The number of nitrogens with one attached hydrogen (secondary N) is 1. The highest BCUT2D eigenvalue weighted by Gasteiger charge is 2.38. The van der Waals surface area contributed by atoms with E-state index in [-0.39, 0.29) is 0 Å². The van der Waals surface area contributed by atoms with E-state index >= 15 is 0 Å². The highest BCUT2D eigenvalue weighted by atomic mass is 15.2. The quantitative estimate of drug-likeness (QED) is 0.734. The lowest BCUT2D eigenvalue weighted by atomic mass is 9.83. The van der Waals surface area contributed by atoms with Crippen molar-refractivity contribution >= 4 is 0 Å². The van der Waals surface area contributed by atoms with Gasteiger partial charge in [0.2, 0.25) is 0 Å². The molecule has 0 aromatic heterocycles. The summed E-state index contributed by atoms with van der Waals surface area (Å²) in [7, 11) is 2.33. The third-order valence-electron chi connectivity index (χ3n) is 5.32. The molecule has 4 unspecified atom stereocenters. The Morgan fingerprint density at radius 3 is 2.71 bits per heavy atom. The van der Waals surface area contributed by atoms with Crippen molar-refractivity contribution in [3.8, 4) is 0 Å². The molecule has 3 saturated heterocycles. The molecule has 3 heterocycles. The molecule has 98 valence electrons. The lowest BCUT2D eigenvalue weighted by Crippen LogP contribution is -2.56. The molecular weight excluding hydrogens is 210 g/mol. The Morgan fingerprint density at radius 1 is 1.06 bits per heavy atom. The second-order valence-corrected chi connectivity index (χ2v) is 6.44. The first-order valence-corrected chi connectivity index (χ1v) is 7.40. The highest BCUT2D eigenvalue weighted by molar-refractivity contribution is 4.94. The summed E-state index contributed by atoms with van der Waals surface area (Å²) in [6, 6.07) is 1.69. The van der Waals surface area contributed by atoms with Crippen molar-refractivity contribution in [2.75, 3.05) is 39.8 Å². The molecule has 3 heteroatoms. The molecule has 3 aliphatic heterocycles. The highest BCUT2D eigenvalue weighted by Crippen LogP contribution is 2.31. The van der Waals surface area contributed by atoms with Crippen LogP contribution in [0, 0.1) is 11.8 Å². The van der Waals surface area contributed by atoms with Gasteiger partial charge < -0.3 is 10.2 Å². The summed E-state index contributed by atoms with van der Waals surface area (Å²) < 4.78 is 0. The van der Waals surface area contributed by atoms with Crippen molar-refractivity contribution in [1.29, 1.82) is 0 Å². The lowest BCUT2D eigenvalue weighted by molar-refractivity contribution is 0.0169. The maximum absolute atomic E-state index is 3.55. The Kier molecular flexibility index (Phi) is 3.42. The number of hydrogen-bond donors (Lipinski definition) is 1. The minimum Gasteiger partial charge on any atom is -0.315 e. The van der Waals surface area contributed by atoms with E-state index < -0.39 is 0 Å². The summed E-state index contributed by atoms with van der Waals surface area (Å²) in [4.78, 5) is 5.40. The van der Waals surface area contributed by atoms with E-state index in [2.05, 4.69) is 29.1 Å². The SMILES string of the molecule is CC1CNCC1N1CCC2C(CCCN2C)C1. The van der Waals surface area contributed by atoms with Crippen LogP contribution in [0.4, 0.5) is 0 Å². The van der Waals surface area contributed by atoms with Gasteiger partial charge in [0, 0.05) is 31.7 Å². The van der Waals surface area contributed by atoms with Gasteiger partial charge >= 0.3 is 0 Å². The van der Waals surface area contributed by atoms with E-state index in [0.717, 1.165) is 23.9 Å². The summed E-state index contributed by atoms with van der Waals surface area (Å²) in [6.07, 6.45) is 4.26. The number of nitrogens with zero attached hydrogens (tertiary/aromatic N) is 2. The molecule has 0 amide bonds. The smallest absolute Gasteiger partial charge is 0.0258 e. The zero-order valence-electron chi connectivity index (χ0n) is 11.4. The van der Waals surface area contributed by atoms with Crippen LogP contribution in [0.1, 0.15) is 26.2 Å². The maximum atomic E-state index is 3.55. The molecule has 3 aliphatic rings. The van der Waals surface area contributed by atoms with Crippen molar-refractivity contribution in [3.05, 3.63) is 0 Å². The van der Waals surface area contributed by atoms with E-state index in [1.165, 1.54) is 52.0 Å². The van der Waals surface area contributed by atoms with E-state index in [1.807, 2.05) is 0 Å². The molecule has 1 N–H and O–H groups in total. The molecule has 3 rings (SSSR count). The first-order valence-electron chi connectivity index (χ1n) is 7.40. The van der Waals surface area contributed by atoms with Gasteiger partial charge in [-0.25, -0.2) is 0 Å². The van der Waals surface area contributed by atoms with Crippen molar-refractivity contribution in [2.45, 2.75) is 38.3 Å². The van der Waals surface area contributed by atoms with E-state index in [0.29, 0.717) is 0 Å². The lowest BCUT2D eigenvalue weighted by Gasteiger charge is -2.48. The van der Waals surface area contributed by atoms with Crippen LogP contribution in [-0.4, -0.2) is 61.7 Å². The van der Waals surface area contributed by atoms with Crippen molar-refractivity contribution in [1.82, 2.24) is 15.1 Å². The second-order valence-electron chi connectivity index (χ2n) is 6.44. The normalized spacial score (nSPS) is 44.8. The predicted molar refractivity (Wildman–Crippen MR) is 71.2 cm³/mol. The standard InChI is InChI=1S/C14H27N3/c1-11-8-15-9-14(11)17-7-5-13-12(10-17)4-3-6-16(13)2/h11-15H,3-10H2,1-2H3. The Balaban J connectivity index is 1.63. The zero-order chi connectivity index (χ0) is 11.8. The fraction of sp³-hybridized carbons (Fsp3) is 1.00. The van der Waals surface area contributed by atoms with Crippen LogP contribution in [0.5, 0.6) is 0 Å². The van der Waals surface area contributed by atoms with Crippen molar-refractivity contribution < 1.29 is 0 Å².